The maximum atomic E-state index is 12.0. The van der Waals surface area contributed by atoms with Crippen LogP contribution in [0.3, 0.4) is 0 Å². The van der Waals surface area contributed by atoms with Gasteiger partial charge >= 0.3 is 0 Å². The first kappa shape index (κ1) is 13.2. The van der Waals surface area contributed by atoms with Crippen LogP contribution in [0.15, 0.2) is 0 Å². The molecular formula is C13H23ClN2O. The number of carbonyl (C=O) groups excluding carboxylic acids is 1. The second-order valence-electron chi connectivity index (χ2n) is 5.90. The van der Waals surface area contributed by atoms with Crippen molar-refractivity contribution in [1.29, 1.82) is 0 Å². The summed E-state index contributed by atoms with van der Waals surface area (Å²) >= 11 is 0. The van der Waals surface area contributed by atoms with Crippen LogP contribution in [-0.4, -0.2) is 18.0 Å². The van der Waals surface area contributed by atoms with Crippen molar-refractivity contribution in [3.8, 4) is 0 Å². The van der Waals surface area contributed by atoms with Crippen molar-refractivity contribution in [3.63, 3.8) is 0 Å². The van der Waals surface area contributed by atoms with Gasteiger partial charge in [-0.1, -0.05) is 6.42 Å². The molecule has 0 aromatic rings. The Morgan fingerprint density at radius 3 is 2.18 bits per heavy atom. The van der Waals surface area contributed by atoms with Gasteiger partial charge in [-0.25, -0.2) is 0 Å². The summed E-state index contributed by atoms with van der Waals surface area (Å²) in [5, 5.41) is 3.24. The van der Waals surface area contributed by atoms with E-state index in [0.29, 0.717) is 23.9 Å². The Balaban J connectivity index is 0.00000108. The Morgan fingerprint density at radius 2 is 1.59 bits per heavy atom. The van der Waals surface area contributed by atoms with E-state index in [0.717, 1.165) is 37.5 Å². The maximum Gasteiger partial charge on any atom is 0.223 e. The number of carbonyl (C=O) groups is 1. The fourth-order valence-corrected chi connectivity index (χ4v) is 3.77. The molecule has 0 bridgehead atoms. The standard InChI is InChI=1S/C13H22N2O.ClH/c14-8-4-6-9(7-5-8)15-13(16)12-10-2-1-3-11(10)12;/h8-12H,1-7,14H2,(H,15,16);1H. The Bertz CT molecular complexity index is 279. The number of amides is 1. The summed E-state index contributed by atoms with van der Waals surface area (Å²) in [5.41, 5.74) is 5.86. The molecule has 2 unspecified atom stereocenters. The van der Waals surface area contributed by atoms with E-state index in [1.54, 1.807) is 0 Å². The number of fused-ring (bicyclic) bond motifs is 1. The molecule has 3 N–H and O–H groups in total. The number of halogens is 1. The van der Waals surface area contributed by atoms with E-state index in [1.165, 1.54) is 19.3 Å². The van der Waals surface area contributed by atoms with Crippen molar-refractivity contribution < 1.29 is 4.79 Å². The molecule has 3 aliphatic rings. The molecule has 3 nitrogen and oxygen atoms in total. The summed E-state index contributed by atoms with van der Waals surface area (Å²) in [6.45, 7) is 0. The summed E-state index contributed by atoms with van der Waals surface area (Å²) in [6, 6.07) is 0.780. The number of rotatable bonds is 2. The summed E-state index contributed by atoms with van der Waals surface area (Å²) in [4.78, 5) is 12.0. The van der Waals surface area contributed by atoms with Gasteiger partial charge in [0, 0.05) is 18.0 Å². The molecule has 0 radical (unpaired) electrons. The first-order valence-electron chi connectivity index (χ1n) is 6.81. The second kappa shape index (κ2) is 5.15. The van der Waals surface area contributed by atoms with Crippen molar-refractivity contribution in [2.75, 3.05) is 0 Å². The summed E-state index contributed by atoms with van der Waals surface area (Å²) in [5.74, 6) is 2.20. The monoisotopic (exact) mass is 258 g/mol. The Morgan fingerprint density at radius 1 is 1.00 bits per heavy atom. The van der Waals surface area contributed by atoms with Gasteiger partial charge in [0.05, 0.1) is 0 Å². The average molecular weight is 259 g/mol. The third-order valence-electron chi connectivity index (χ3n) is 4.83. The van der Waals surface area contributed by atoms with E-state index in [9.17, 15) is 4.79 Å². The normalized spacial score (nSPS) is 43.5. The lowest BCUT2D eigenvalue weighted by Crippen LogP contribution is -2.41. The minimum atomic E-state index is 0. The molecule has 0 aliphatic heterocycles. The predicted octanol–water partition coefficient (Wildman–Crippen LogP) is 1.84. The van der Waals surface area contributed by atoms with E-state index in [2.05, 4.69) is 5.32 Å². The van der Waals surface area contributed by atoms with Gasteiger partial charge < -0.3 is 11.1 Å². The molecule has 4 heteroatoms. The van der Waals surface area contributed by atoms with Crippen molar-refractivity contribution >= 4 is 18.3 Å². The van der Waals surface area contributed by atoms with Crippen LogP contribution in [0.5, 0.6) is 0 Å². The molecule has 0 aromatic carbocycles. The third kappa shape index (κ3) is 2.60. The van der Waals surface area contributed by atoms with Crippen LogP contribution in [0.25, 0.3) is 0 Å². The molecule has 0 spiro atoms. The molecular weight excluding hydrogens is 236 g/mol. The smallest absolute Gasteiger partial charge is 0.223 e. The topological polar surface area (TPSA) is 55.1 Å². The highest BCUT2D eigenvalue weighted by Gasteiger charge is 2.56. The van der Waals surface area contributed by atoms with Crippen LogP contribution in [0, 0.1) is 17.8 Å². The lowest BCUT2D eigenvalue weighted by Gasteiger charge is -2.27. The minimum Gasteiger partial charge on any atom is -0.353 e. The highest BCUT2D eigenvalue weighted by atomic mass is 35.5. The van der Waals surface area contributed by atoms with E-state index < -0.39 is 0 Å². The fourth-order valence-electron chi connectivity index (χ4n) is 3.77. The third-order valence-corrected chi connectivity index (χ3v) is 4.83. The van der Waals surface area contributed by atoms with Gasteiger partial charge in [-0.15, -0.1) is 12.4 Å². The number of hydrogen-bond acceptors (Lipinski definition) is 2. The zero-order valence-electron chi connectivity index (χ0n) is 10.2. The molecule has 98 valence electrons. The van der Waals surface area contributed by atoms with Crippen molar-refractivity contribution in [2.45, 2.75) is 57.0 Å². The van der Waals surface area contributed by atoms with Crippen LogP contribution in [0.1, 0.15) is 44.9 Å². The van der Waals surface area contributed by atoms with Crippen LogP contribution in [-0.2, 0) is 4.79 Å². The number of hydrogen-bond donors (Lipinski definition) is 2. The first-order valence-corrected chi connectivity index (χ1v) is 6.81. The van der Waals surface area contributed by atoms with E-state index in [4.69, 9.17) is 5.73 Å². The second-order valence-corrected chi connectivity index (χ2v) is 5.90. The SMILES string of the molecule is Cl.NC1CCC(NC(=O)C2C3CCCC32)CC1. The minimum absolute atomic E-state index is 0. The van der Waals surface area contributed by atoms with Crippen molar-refractivity contribution in [2.24, 2.45) is 23.5 Å². The molecule has 3 fully saturated rings. The van der Waals surface area contributed by atoms with E-state index >= 15 is 0 Å². The molecule has 0 heterocycles. The van der Waals surface area contributed by atoms with Crippen molar-refractivity contribution in [1.82, 2.24) is 5.32 Å². The van der Waals surface area contributed by atoms with Gasteiger partial charge in [0.1, 0.15) is 0 Å². The zero-order chi connectivity index (χ0) is 11.1. The summed E-state index contributed by atoms with van der Waals surface area (Å²) < 4.78 is 0. The van der Waals surface area contributed by atoms with Crippen LogP contribution < -0.4 is 11.1 Å². The predicted molar refractivity (Wildman–Crippen MR) is 69.9 cm³/mol. The quantitative estimate of drug-likeness (QED) is 0.794. The van der Waals surface area contributed by atoms with Gasteiger partial charge in [-0.3, -0.25) is 4.79 Å². The van der Waals surface area contributed by atoms with Gasteiger partial charge in [0.25, 0.3) is 0 Å². The summed E-state index contributed by atoms with van der Waals surface area (Å²) in [6.07, 6.45) is 8.23. The van der Waals surface area contributed by atoms with Crippen LogP contribution >= 0.6 is 12.4 Å². The Kier molecular flexibility index (Phi) is 3.99. The van der Waals surface area contributed by atoms with E-state index in [1.807, 2.05) is 0 Å². The van der Waals surface area contributed by atoms with Crippen molar-refractivity contribution in [3.05, 3.63) is 0 Å². The van der Waals surface area contributed by atoms with Gasteiger partial charge in [0.15, 0.2) is 0 Å². The average Bonchev–Trinajstić information content (AvgIpc) is 2.76. The maximum absolute atomic E-state index is 12.0. The Hall–Kier alpha value is -0.280. The summed E-state index contributed by atoms with van der Waals surface area (Å²) in [7, 11) is 0. The highest BCUT2D eigenvalue weighted by molar-refractivity contribution is 5.85. The lowest BCUT2D eigenvalue weighted by atomic mass is 9.91. The number of nitrogens with two attached hydrogens (primary N) is 1. The van der Waals surface area contributed by atoms with Gasteiger partial charge in [-0.05, 0) is 50.4 Å². The fraction of sp³-hybridized carbons (Fsp3) is 0.923. The first-order chi connectivity index (χ1) is 7.75. The lowest BCUT2D eigenvalue weighted by molar-refractivity contribution is -0.124. The molecule has 17 heavy (non-hydrogen) atoms. The Labute approximate surface area is 109 Å². The molecule has 3 saturated carbocycles. The highest BCUT2D eigenvalue weighted by Crippen LogP contribution is 2.57. The molecule has 0 aromatic heterocycles. The van der Waals surface area contributed by atoms with Gasteiger partial charge in [0.2, 0.25) is 5.91 Å². The largest absolute Gasteiger partial charge is 0.353 e. The molecule has 3 rings (SSSR count). The van der Waals surface area contributed by atoms with E-state index in [-0.39, 0.29) is 12.4 Å². The molecule has 1 amide bonds. The van der Waals surface area contributed by atoms with Crippen LogP contribution in [0.2, 0.25) is 0 Å². The molecule has 2 atom stereocenters. The number of nitrogens with one attached hydrogen (secondary N) is 1. The van der Waals surface area contributed by atoms with Gasteiger partial charge in [-0.2, -0.15) is 0 Å². The molecule has 0 saturated heterocycles. The van der Waals surface area contributed by atoms with Crippen LogP contribution in [0.4, 0.5) is 0 Å². The zero-order valence-corrected chi connectivity index (χ0v) is 11.0. The molecule has 3 aliphatic carbocycles.